The highest BCUT2D eigenvalue weighted by Gasteiger charge is 2.23. The van der Waals surface area contributed by atoms with Crippen LogP contribution in [0.4, 0.5) is 0 Å². The number of aromatic carboxylic acids is 1. The van der Waals surface area contributed by atoms with Crippen LogP contribution in [0.2, 0.25) is 0 Å². The zero-order valence-corrected chi connectivity index (χ0v) is 11.8. The zero-order chi connectivity index (χ0) is 14.7. The van der Waals surface area contributed by atoms with E-state index in [0.717, 1.165) is 43.7 Å². The molecule has 0 spiro atoms. The van der Waals surface area contributed by atoms with Crippen molar-refractivity contribution in [3.8, 4) is 0 Å². The highest BCUT2D eigenvalue weighted by molar-refractivity contribution is 5.87. The number of imidazole rings is 1. The number of rotatable bonds is 5. The van der Waals surface area contributed by atoms with E-state index in [2.05, 4.69) is 14.9 Å². The van der Waals surface area contributed by atoms with Gasteiger partial charge in [0.2, 0.25) is 0 Å². The van der Waals surface area contributed by atoms with Crippen LogP contribution in [0.15, 0.2) is 36.8 Å². The lowest BCUT2D eigenvalue weighted by Crippen LogP contribution is -2.20. The SMILES string of the molecule is O=C(O)c1cccc(CC2CCN(Cc3cnc[nH]3)C2)c1. The van der Waals surface area contributed by atoms with Gasteiger partial charge in [-0.25, -0.2) is 9.78 Å². The average molecular weight is 285 g/mol. The predicted molar refractivity (Wildman–Crippen MR) is 79.1 cm³/mol. The maximum atomic E-state index is 11.0. The molecule has 5 heteroatoms. The molecule has 1 aromatic carbocycles. The topological polar surface area (TPSA) is 69.2 Å². The van der Waals surface area contributed by atoms with E-state index in [0.29, 0.717) is 11.5 Å². The Hall–Kier alpha value is -2.14. The highest BCUT2D eigenvalue weighted by atomic mass is 16.4. The molecule has 1 saturated heterocycles. The Morgan fingerprint density at radius 1 is 1.48 bits per heavy atom. The first-order valence-electron chi connectivity index (χ1n) is 7.22. The number of hydrogen-bond acceptors (Lipinski definition) is 3. The van der Waals surface area contributed by atoms with Gasteiger partial charge in [-0.3, -0.25) is 4.90 Å². The summed E-state index contributed by atoms with van der Waals surface area (Å²) in [6.07, 6.45) is 5.68. The number of aromatic nitrogens is 2. The number of nitrogens with one attached hydrogen (secondary N) is 1. The van der Waals surface area contributed by atoms with Crippen LogP contribution in [0.3, 0.4) is 0 Å². The molecular formula is C16H19N3O2. The van der Waals surface area contributed by atoms with Crippen LogP contribution in [0, 0.1) is 5.92 Å². The molecule has 1 atom stereocenters. The van der Waals surface area contributed by atoms with E-state index in [1.807, 2.05) is 18.3 Å². The van der Waals surface area contributed by atoms with E-state index in [1.54, 1.807) is 18.5 Å². The lowest BCUT2D eigenvalue weighted by Gasteiger charge is -2.15. The molecule has 2 N–H and O–H groups in total. The number of carbonyl (C=O) groups is 1. The Kier molecular flexibility index (Phi) is 4.01. The normalized spacial score (nSPS) is 19.0. The Bertz CT molecular complexity index is 610. The fraction of sp³-hybridized carbons (Fsp3) is 0.375. The molecule has 0 bridgehead atoms. The fourth-order valence-electron chi connectivity index (χ4n) is 3.00. The molecule has 0 saturated carbocycles. The molecule has 2 heterocycles. The summed E-state index contributed by atoms with van der Waals surface area (Å²) >= 11 is 0. The number of carboxylic acids is 1. The summed E-state index contributed by atoms with van der Waals surface area (Å²) < 4.78 is 0. The van der Waals surface area contributed by atoms with E-state index in [-0.39, 0.29) is 0 Å². The molecule has 1 aromatic heterocycles. The molecule has 2 aromatic rings. The Morgan fingerprint density at radius 2 is 2.38 bits per heavy atom. The van der Waals surface area contributed by atoms with Crippen molar-refractivity contribution in [3.05, 3.63) is 53.6 Å². The second-order valence-electron chi connectivity index (χ2n) is 5.68. The minimum atomic E-state index is -0.857. The second-order valence-corrected chi connectivity index (χ2v) is 5.68. The van der Waals surface area contributed by atoms with Crippen LogP contribution in [0.5, 0.6) is 0 Å². The van der Waals surface area contributed by atoms with Crippen molar-refractivity contribution < 1.29 is 9.90 Å². The zero-order valence-electron chi connectivity index (χ0n) is 11.8. The van der Waals surface area contributed by atoms with Gasteiger partial charge in [0, 0.05) is 25.0 Å². The van der Waals surface area contributed by atoms with E-state index in [1.165, 1.54) is 0 Å². The van der Waals surface area contributed by atoms with Crippen LogP contribution in [0.25, 0.3) is 0 Å². The molecule has 0 amide bonds. The summed E-state index contributed by atoms with van der Waals surface area (Å²) in [5.41, 5.74) is 2.63. The first-order valence-corrected chi connectivity index (χ1v) is 7.22. The third-order valence-electron chi connectivity index (χ3n) is 4.02. The lowest BCUT2D eigenvalue weighted by molar-refractivity contribution is 0.0696. The van der Waals surface area contributed by atoms with Crippen molar-refractivity contribution in [3.63, 3.8) is 0 Å². The largest absolute Gasteiger partial charge is 0.478 e. The number of aromatic amines is 1. The van der Waals surface area contributed by atoms with Gasteiger partial charge in [0.1, 0.15) is 0 Å². The summed E-state index contributed by atoms with van der Waals surface area (Å²) in [4.78, 5) is 20.6. The summed E-state index contributed by atoms with van der Waals surface area (Å²) in [7, 11) is 0. The molecular weight excluding hydrogens is 266 g/mol. The van der Waals surface area contributed by atoms with Gasteiger partial charge in [-0.05, 0) is 43.0 Å². The maximum Gasteiger partial charge on any atom is 0.335 e. The number of H-pyrrole nitrogens is 1. The van der Waals surface area contributed by atoms with Crippen LogP contribution in [-0.2, 0) is 13.0 Å². The Morgan fingerprint density at radius 3 is 3.14 bits per heavy atom. The Balaban J connectivity index is 1.57. The van der Waals surface area contributed by atoms with Gasteiger partial charge in [0.15, 0.2) is 0 Å². The van der Waals surface area contributed by atoms with Gasteiger partial charge in [-0.15, -0.1) is 0 Å². The van der Waals surface area contributed by atoms with Crippen LogP contribution in [0.1, 0.15) is 28.0 Å². The molecule has 0 radical (unpaired) electrons. The van der Waals surface area contributed by atoms with E-state index < -0.39 is 5.97 Å². The third kappa shape index (κ3) is 3.49. The van der Waals surface area contributed by atoms with Crippen LogP contribution >= 0.6 is 0 Å². The third-order valence-corrected chi connectivity index (χ3v) is 4.02. The lowest BCUT2D eigenvalue weighted by atomic mass is 9.97. The molecule has 0 aliphatic carbocycles. The molecule has 110 valence electrons. The first kappa shape index (κ1) is 13.8. The second kappa shape index (κ2) is 6.10. The maximum absolute atomic E-state index is 11.0. The number of nitrogens with zero attached hydrogens (tertiary/aromatic N) is 2. The van der Waals surface area contributed by atoms with Crippen molar-refractivity contribution >= 4 is 5.97 Å². The van der Waals surface area contributed by atoms with E-state index in [9.17, 15) is 4.79 Å². The minimum absolute atomic E-state index is 0.375. The van der Waals surface area contributed by atoms with Crippen molar-refractivity contribution in [2.45, 2.75) is 19.4 Å². The average Bonchev–Trinajstić information content (AvgIpc) is 3.12. The summed E-state index contributed by atoms with van der Waals surface area (Å²) in [6, 6.07) is 7.28. The number of likely N-dealkylation sites (tertiary alicyclic amines) is 1. The molecule has 5 nitrogen and oxygen atoms in total. The molecule has 1 aliphatic heterocycles. The summed E-state index contributed by atoms with van der Waals surface area (Å²) in [6.45, 7) is 3.05. The minimum Gasteiger partial charge on any atom is -0.478 e. The number of carboxylic acid groups (broad SMARTS) is 1. The van der Waals surface area contributed by atoms with Crippen LogP contribution < -0.4 is 0 Å². The molecule has 1 unspecified atom stereocenters. The van der Waals surface area contributed by atoms with Gasteiger partial charge in [0.25, 0.3) is 0 Å². The predicted octanol–water partition coefficient (Wildman–Crippen LogP) is 2.17. The van der Waals surface area contributed by atoms with Crippen molar-refractivity contribution in [1.29, 1.82) is 0 Å². The first-order chi connectivity index (χ1) is 10.2. The number of hydrogen-bond donors (Lipinski definition) is 2. The van der Waals surface area contributed by atoms with Gasteiger partial charge in [-0.1, -0.05) is 12.1 Å². The standard InChI is InChI=1S/C16H19N3O2/c20-16(21)14-3-1-2-12(7-14)6-13-4-5-19(9-13)10-15-8-17-11-18-15/h1-3,7-8,11,13H,4-6,9-10H2,(H,17,18)(H,20,21). The molecule has 1 fully saturated rings. The summed E-state index contributed by atoms with van der Waals surface area (Å²) in [5.74, 6) is -0.263. The van der Waals surface area contributed by atoms with Crippen molar-refractivity contribution in [1.82, 2.24) is 14.9 Å². The van der Waals surface area contributed by atoms with Gasteiger partial charge >= 0.3 is 5.97 Å². The fourth-order valence-corrected chi connectivity index (χ4v) is 3.00. The van der Waals surface area contributed by atoms with Gasteiger partial charge in [-0.2, -0.15) is 0 Å². The quantitative estimate of drug-likeness (QED) is 0.883. The number of benzene rings is 1. The monoisotopic (exact) mass is 285 g/mol. The van der Waals surface area contributed by atoms with E-state index in [4.69, 9.17) is 5.11 Å². The smallest absolute Gasteiger partial charge is 0.335 e. The van der Waals surface area contributed by atoms with E-state index >= 15 is 0 Å². The molecule has 1 aliphatic rings. The van der Waals surface area contributed by atoms with Crippen molar-refractivity contribution in [2.75, 3.05) is 13.1 Å². The molecule has 21 heavy (non-hydrogen) atoms. The summed E-state index contributed by atoms with van der Waals surface area (Å²) in [5, 5.41) is 9.04. The molecule has 3 rings (SSSR count). The van der Waals surface area contributed by atoms with Crippen LogP contribution in [-0.4, -0.2) is 39.0 Å². The Labute approximate surface area is 123 Å². The van der Waals surface area contributed by atoms with Gasteiger partial charge < -0.3 is 10.1 Å². The van der Waals surface area contributed by atoms with Gasteiger partial charge in [0.05, 0.1) is 11.9 Å². The highest BCUT2D eigenvalue weighted by Crippen LogP contribution is 2.22. The van der Waals surface area contributed by atoms with Crippen molar-refractivity contribution in [2.24, 2.45) is 5.92 Å².